The summed E-state index contributed by atoms with van der Waals surface area (Å²) in [4.78, 5) is 19.1. The molecular formula is C23H35N3O2. The molecule has 0 aromatic carbocycles. The van der Waals surface area contributed by atoms with Crippen LogP contribution in [0.25, 0.3) is 0 Å². The van der Waals surface area contributed by atoms with Gasteiger partial charge in [0.1, 0.15) is 5.60 Å². The highest BCUT2D eigenvalue weighted by atomic mass is 16.6. The SMILES string of the molecule is CC1(C)C=CC(c2nc(C3CCN(C(=O)OC(C)(C)C)CC3)ccc2N)CC1. The molecule has 1 aliphatic carbocycles. The molecule has 154 valence electrons. The summed E-state index contributed by atoms with van der Waals surface area (Å²) in [6, 6.07) is 4.06. The van der Waals surface area contributed by atoms with Gasteiger partial charge in [0.2, 0.25) is 0 Å². The minimum absolute atomic E-state index is 0.216. The lowest BCUT2D eigenvalue weighted by Crippen LogP contribution is -2.41. The smallest absolute Gasteiger partial charge is 0.410 e. The van der Waals surface area contributed by atoms with Crippen LogP contribution in [-0.4, -0.2) is 34.7 Å². The Morgan fingerprint density at radius 3 is 2.46 bits per heavy atom. The summed E-state index contributed by atoms with van der Waals surface area (Å²) in [6.45, 7) is 11.7. The first-order chi connectivity index (χ1) is 13.0. The second kappa shape index (κ2) is 7.76. The average Bonchev–Trinajstić information content (AvgIpc) is 2.61. The van der Waals surface area contributed by atoms with Gasteiger partial charge in [-0.3, -0.25) is 4.98 Å². The van der Waals surface area contributed by atoms with Gasteiger partial charge in [-0.2, -0.15) is 0 Å². The van der Waals surface area contributed by atoms with Gasteiger partial charge in [0.15, 0.2) is 0 Å². The Hall–Kier alpha value is -2.04. The Morgan fingerprint density at radius 1 is 1.21 bits per heavy atom. The maximum Gasteiger partial charge on any atom is 0.410 e. The third-order valence-electron chi connectivity index (χ3n) is 5.77. The fourth-order valence-electron chi connectivity index (χ4n) is 4.02. The number of likely N-dealkylation sites (tertiary alicyclic amines) is 1. The Bertz CT molecular complexity index is 741. The summed E-state index contributed by atoms with van der Waals surface area (Å²) >= 11 is 0. The molecule has 1 atom stereocenters. The lowest BCUT2D eigenvalue weighted by Gasteiger charge is -2.33. The molecule has 1 aromatic rings. The Balaban J connectivity index is 1.67. The normalized spacial score (nSPS) is 22.9. The predicted octanol–water partition coefficient (Wildman–Crippen LogP) is 5.24. The van der Waals surface area contributed by atoms with Gasteiger partial charge in [0.25, 0.3) is 0 Å². The molecule has 2 heterocycles. The van der Waals surface area contributed by atoms with Crippen LogP contribution in [0.1, 0.15) is 83.5 Å². The zero-order valence-corrected chi connectivity index (χ0v) is 18.0. The molecule has 28 heavy (non-hydrogen) atoms. The lowest BCUT2D eigenvalue weighted by atomic mass is 9.77. The van der Waals surface area contributed by atoms with Crippen molar-refractivity contribution < 1.29 is 9.53 Å². The highest BCUT2D eigenvalue weighted by molar-refractivity contribution is 5.68. The number of hydrogen-bond donors (Lipinski definition) is 1. The third kappa shape index (κ3) is 5.06. The number of anilines is 1. The summed E-state index contributed by atoms with van der Waals surface area (Å²) in [5.74, 6) is 0.664. The molecule has 0 bridgehead atoms. The molecule has 1 aromatic heterocycles. The number of piperidine rings is 1. The van der Waals surface area contributed by atoms with Gasteiger partial charge in [-0.25, -0.2) is 4.79 Å². The number of ether oxygens (including phenoxy) is 1. The van der Waals surface area contributed by atoms with Crippen molar-refractivity contribution in [3.63, 3.8) is 0 Å². The molecule has 1 aliphatic heterocycles. The summed E-state index contributed by atoms with van der Waals surface area (Å²) < 4.78 is 5.50. The van der Waals surface area contributed by atoms with Gasteiger partial charge in [0.05, 0.1) is 11.4 Å². The van der Waals surface area contributed by atoms with Crippen LogP contribution in [0.5, 0.6) is 0 Å². The van der Waals surface area contributed by atoms with Crippen molar-refractivity contribution in [1.82, 2.24) is 9.88 Å². The van der Waals surface area contributed by atoms with Crippen LogP contribution in [-0.2, 0) is 4.74 Å². The first kappa shape index (κ1) is 20.7. The maximum atomic E-state index is 12.3. The fourth-order valence-corrected chi connectivity index (χ4v) is 4.02. The number of carbonyl (C=O) groups excluding carboxylic acids is 1. The van der Waals surface area contributed by atoms with Gasteiger partial charge in [-0.05, 0) is 64.0 Å². The minimum atomic E-state index is -0.455. The van der Waals surface area contributed by atoms with Crippen molar-refractivity contribution in [2.75, 3.05) is 18.8 Å². The van der Waals surface area contributed by atoms with Crippen LogP contribution in [0.2, 0.25) is 0 Å². The van der Waals surface area contributed by atoms with E-state index >= 15 is 0 Å². The summed E-state index contributed by atoms with van der Waals surface area (Å²) in [6.07, 6.45) is 8.40. The van der Waals surface area contributed by atoms with Crippen molar-refractivity contribution in [2.45, 2.75) is 77.7 Å². The van der Waals surface area contributed by atoms with E-state index in [4.69, 9.17) is 15.5 Å². The second-order valence-corrected chi connectivity index (χ2v) is 9.95. The topological polar surface area (TPSA) is 68.5 Å². The minimum Gasteiger partial charge on any atom is -0.444 e. The summed E-state index contributed by atoms with van der Waals surface area (Å²) in [7, 11) is 0. The van der Waals surface area contributed by atoms with Crippen LogP contribution in [0.3, 0.4) is 0 Å². The Kier molecular flexibility index (Phi) is 5.74. The van der Waals surface area contributed by atoms with Gasteiger partial charge < -0.3 is 15.4 Å². The van der Waals surface area contributed by atoms with E-state index in [0.29, 0.717) is 24.9 Å². The predicted molar refractivity (Wildman–Crippen MR) is 113 cm³/mol. The molecule has 2 N–H and O–H groups in total. The number of pyridine rings is 1. The average molecular weight is 386 g/mol. The van der Waals surface area contributed by atoms with Crippen molar-refractivity contribution in [3.8, 4) is 0 Å². The highest BCUT2D eigenvalue weighted by Gasteiger charge is 2.29. The number of nitrogens with zero attached hydrogens (tertiary/aromatic N) is 2. The van der Waals surface area contributed by atoms with Gasteiger partial charge in [-0.15, -0.1) is 0 Å². The molecule has 1 unspecified atom stereocenters. The number of nitrogens with two attached hydrogens (primary N) is 1. The molecule has 0 radical (unpaired) electrons. The lowest BCUT2D eigenvalue weighted by molar-refractivity contribution is 0.0204. The van der Waals surface area contributed by atoms with E-state index in [1.54, 1.807) is 0 Å². The molecular weight excluding hydrogens is 350 g/mol. The summed E-state index contributed by atoms with van der Waals surface area (Å²) in [5, 5.41) is 0. The molecule has 1 saturated heterocycles. The number of rotatable bonds is 2. The van der Waals surface area contributed by atoms with E-state index < -0.39 is 5.60 Å². The number of amides is 1. The van der Waals surface area contributed by atoms with E-state index in [9.17, 15) is 4.79 Å². The quantitative estimate of drug-likeness (QED) is 0.707. The molecule has 5 nitrogen and oxygen atoms in total. The van der Waals surface area contributed by atoms with Gasteiger partial charge >= 0.3 is 6.09 Å². The second-order valence-electron chi connectivity index (χ2n) is 9.95. The number of hydrogen-bond acceptors (Lipinski definition) is 4. The van der Waals surface area contributed by atoms with Crippen molar-refractivity contribution >= 4 is 11.8 Å². The number of aromatic nitrogens is 1. The summed E-state index contributed by atoms with van der Waals surface area (Å²) in [5.41, 5.74) is 8.98. The van der Waals surface area contributed by atoms with Crippen molar-refractivity contribution in [2.24, 2.45) is 5.41 Å². The van der Waals surface area contributed by atoms with E-state index in [0.717, 1.165) is 42.8 Å². The van der Waals surface area contributed by atoms with Crippen LogP contribution in [0, 0.1) is 5.41 Å². The van der Waals surface area contributed by atoms with Crippen molar-refractivity contribution in [3.05, 3.63) is 35.7 Å². The number of allylic oxidation sites excluding steroid dienone is 2. The van der Waals surface area contributed by atoms with E-state index in [-0.39, 0.29) is 11.5 Å². The first-order valence-electron chi connectivity index (χ1n) is 10.5. The van der Waals surface area contributed by atoms with E-state index in [2.05, 4.69) is 32.1 Å². The largest absolute Gasteiger partial charge is 0.444 e. The monoisotopic (exact) mass is 385 g/mol. The number of carbonyl (C=O) groups is 1. The first-order valence-corrected chi connectivity index (χ1v) is 10.5. The highest BCUT2D eigenvalue weighted by Crippen LogP contribution is 2.39. The van der Waals surface area contributed by atoms with Gasteiger partial charge in [-0.1, -0.05) is 26.0 Å². The number of nitrogen functional groups attached to an aromatic ring is 1. The van der Waals surface area contributed by atoms with Crippen LogP contribution < -0.4 is 5.73 Å². The molecule has 1 fully saturated rings. The van der Waals surface area contributed by atoms with Crippen LogP contribution in [0.4, 0.5) is 10.5 Å². The molecule has 3 rings (SSSR count). The van der Waals surface area contributed by atoms with Crippen molar-refractivity contribution in [1.29, 1.82) is 0 Å². The Morgan fingerprint density at radius 2 is 1.89 bits per heavy atom. The van der Waals surface area contributed by atoms with Gasteiger partial charge in [0, 0.05) is 30.6 Å². The van der Waals surface area contributed by atoms with E-state index in [1.807, 2.05) is 31.7 Å². The molecule has 2 aliphatic rings. The molecule has 1 amide bonds. The van der Waals surface area contributed by atoms with Crippen LogP contribution >= 0.6 is 0 Å². The third-order valence-corrected chi connectivity index (χ3v) is 5.77. The van der Waals surface area contributed by atoms with E-state index in [1.165, 1.54) is 0 Å². The molecule has 0 saturated carbocycles. The fraction of sp³-hybridized carbons (Fsp3) is 0.652. The molecule has 5 heteroatoms. The molecule has 0 spiro atoms. The Labute approximate surface area is 169 Å². The maximum absolute atomic E-state index is 12.3. The standard InChI is InChI=1S/C23H35N3O2/c1-22(2,3)28-21(27)26-14-10-16(11-15-26)19-7-6-18(24)20(25-19)17-8-12-23(4,5)13-9-17/h6-8,12,16-17H,9-11,13-15,24H2,1-5H3. The van der Waals surface area contributed by atoms with Crippen LogP contribution in [0.15, 0.2) is 24.3 Å². The zero-order chi connectivity index (χ0) is 20.5. The zero-order valence-electron chi connectivity index (χ0n) is 18.0.